The van der Waals surface area contributed by atoms with E-state index in [1.54, 1.807) is 19.1 Å². The second kappa shape index (κ2) is 8.73. The molecule has 1 amide bonds. The van der Waals surface area contributed by atoms with E-state index >= 15 is 0 Å². The van der Waals surface area contributed by atoms with Crippen molar-refractivity contribution in [1.29, 1.82) is 0 Å². The van der Waals surface area contributed by atoms with Gasteiger partial charge in [-0.15, -0.1) is 0 Å². The molecule has 1 aliphatic rings. The van der Waals surface area contributed by atoms with Crippen molar-refractivity contribution in [2.45, 2.75) is 19.1 Å². The zero-order chi connectivity index (χ0) is 21.2. The van der Waals surface area contributed by atoms with Gasteiger partial charge >= 0.3 is 6.18 Å². The number of alkyl halides is 3. The zero-order valence-corrected chi connectivity index (χ0v) is 16.9. The molecule has 3 rings (SSSR count). The van der Waals surface area contributed by atoms with E-state index < -0.39 is 17.8 Å². The minimum Gasteiger partial charge on any atom is -0.353 e. The monoisotopic (exact) mass is 447 g/mol. The summed E-state index contributed by atoms with van der Waals surface area (Å²) in [5, 5.41) is 2.91. The Balaban J connectivity index is 1.60. The molecule has 1 N–H and O–H groups in total. The van der Waals surface area contributed by atoms with Crippen LogP contribution in [0.2, 0.25) is 10.2 Å². The number of hydrogen-bond donors (Lipinski definition) is 1. The first-order valence-electron chi connectivity index (χ1n) is 8.80. The van der Waals surface area contributed by atoms with E-state index in [1.807, 2.05) is 9.80 Å². The summed E-state index contributed by atoms with van der Waals surface area (Å²) < 4.78 is 38.3. The molecule has 6 nitrogen and oxygen atoms in total. The zero-order valence-electron chi connectivity index (χ0n) is 15.4. The third-order valence-corrected chi connectivity index (χ3v) is 5.29. The summed E-state index contributed by atoms with van der Waals surface area (Å²) in [7, 11) is 0. The number of halogens is 5. The standard InChI is InChI=1S/C18H18Cl2F3N5O/c1-11(17(29)26-14-3-2-4-24-15(14)20)27-5-7-28(8-6-27)16-13(19)9-12(10-25-16)18(21,22)23/h2-4,9-11H,5-8H2,1H3,(H,26,29). The van der Waals surface area contributed by atoms with Gasteiger partial charge in [-0.2, -0.15) is 13.2 Å². The normalized spacial score (nSPS) is 16.6. The van der Waals surface area contributed by atoms with E-state index in [0.717, 1.165) is 12.3 Å². The van der Waals surface area contributed by atoms with Crippen LogP contribution in [0.5, 0.6) is 0 Å². The number of carbonyl (C=O) groups excluding carboxylic acids is 1. The number of amides is 1. The maximum absolute atomic E-state index is 12.8. The van der Waals surface area contributed by atoms with Gasteiger partial charge in [0.25, 0.3) is 0 Å². The van der Waals surface area contributed by atoms with Crippen LogP contribution in [0.1, 0.15) is 12.5 Å². The van der Waals surface area contributed by atoms with Crippen LogP contribution in [0.4, 0.5) is 24.7 Å². The molecule has 1 fully saturated rings. The summed E-state index contributed by atoms with van der Waals surface area (Å²) in [6.45, 7) is 3.77. The molecule has 156 valence electrons. The van der Waals surface area contributed by atoms with E-state index in [-0.39, 0.29) is 16.1 Å². The molecular formula is C18H18Cl2F3N5O. The molecule has 29 heavy (non-hydrogen) atoms. The number of pyridine rings is 2. The highest BCUT2D eigenvalue weighted by Gasteiger charge is 2.33. The van der Waals surface area contributed by atoms with Crippen molar-refractivity contribution in [1.82, 2.24) is 14.9 Å². The molecule has 1 atom stereocenters. The molecule has 2 aromatic heterocycles. The fourth-order valence-electron chi connectivity index (χ4n) is 3.02. The maximum atomic E-state index is 12.8. The van der Waals surface area contributed by atoms with Crippen molar-refractivity contribution in [3.63, 3.8) is 0 Å². The molecular weight excluding hydrogens is 430 g/mol. The second-order valence-corrected chi connectivity index (χ2v) is 7.32. The Hall–Kier alpha value is -2.10. The molecule has 1 saturated heterocycles. The van der Waals surface area contributed by atoms with Gasteiger partial charge in [-0.05, 0) is 25.1 Å². The third-order valence-electron chi connectivity index (χ3n) is 4.71. The van der Waals surface area contributed by atoms with Crippen molar-refractivity contribution in [3.05, 3.63) is 46.3 Å². The number of aromatic nitrogens is 2. The summed E-state index contributed by atoms with van der Waals surface area (Å²) in [4.78, 5) is 24.1. The van der Waals surface area contributed by atoms with Gasteiger partial charge in [0.15, 0.2) is 5.15 Å². The van der Waals surface area contributed by atoms with Crippen LogP contribution < -0.4 is 10.2 Å². The molecule has 1 aliphatic heterocycles. The molecule has 0 bridgehead atoms. The average molecular weight is 448 g/mol. The lowest BCUT2D eigenvalue weighted by Crippen LogP contribution is -2.53. The fraction of sp³-hybridized carbons (Fsp3) is 0.389. The Kier molecular flexibility index (Phi) is 6.50. The summed E-state index contributed by atoms with van der Waals surface area (Å²) >= 11 is 12.0. The molecule has 0 saturated carbocycles. The minimum absolute atomic E-state index is 0.0507. The first kappa shape index (κ1) is 21.6. The first-order chi connectivity index (χ1) is 13.7. The van der Waals surface area contributed by atoms with Crippen molar-refractivity contribution < 1.29 is 18.0 Å². The summed E-state index contributed by atoms with van der Waals surface area (Å²) in [6, 6.07) is 3.79. The molecule has 0 spiro atoms. The van der Waals surface area contributed by atoms with Gasteiger partial charge in [0, 0.05) is 38.6 Å². The van der Waals surface area contributed by atoms with Crippen LogP contribution in [0.25, 0.3) is 0 Å². The smallest absolute Gasteiger partial charge is 0.353 e. The Morgan fingerprint density at radius 2 is 1.90 bits per heavy atom. The lowest BCUT2D eigenvalue weighted by molar-refractivity contribution is -0.137. The van der Waals surface area contributed by atoms with Crippen LogP contribution in [0, 0.1) is 0 Å². The lowest BCUT2D eigenvalue weighted by Gasteiger charge is -2.38. The fourth-order valence-corrected chi connectivity index (χ4v) is 3.47. The Bertz CT molecular complexity index is 888. The summed E-state index contributed by atoms with van der Waals surface area (Å²) in [5.74, 6) is 0.0811. The largest absolute Gasteiger partial charge is 0.417 e. The van der Waals surface area contributed by atoms with Crippen molar-refractivity contribution in [2.75, 3.05) is 36.4 Å². The van der Waals surface area contributed by atoms with Gasteiger partial charge < -0.3 is 10.2 Å². The van der Waals surface area contributed by atoms with Gasteiger partial charge in [-0.25, -0.2) is 9.97 Å². The average Bonchev–Trinajstić information content (AvgIpc) is 2.68. The first-order valence-corrected chi connectivity index (χ1v) is 9.55. The number of nitrogens with one attached hydrogen (secondary N) is 1. The number of rotatable bonds is 4. The second-order valence-electron chi connectivity index (χ2n) is 6.56. The van der Waals surface area contributed by atoms with E-state index in [9.17, 15) is 18.0 Å². The lowest BCUT2D eigenvalue weighted by atomic mass is 10.2. The van der Waals surface area contributed by atoms with Crippen LogP contribution in [0.15, 0.2) is 30.6 Å². The number of anilines is 2. The Labute approximate surface area is 175 Å². The van der Waals surface area contributed by atoms with Gasteiger partial charge in [0.1, 0.15) is 5.82 Å². The predicted molar refractivity (Wildman–Crippen MR) is 105 cm³/mol. The van der Waals surface area contributed by atoms with Gasteiger partial charge in [0.05, 0.1) is 22.3 Å². The quantitative estimate of drug-likeness (QED) is 0.718. The van der Waals surface area contributed by atoms with Crippen LogP contribution >= 0.6 is 23.2 Å². The highest BCUT2D eigenvalue weighted by atomic mass is 35.5. The molecule has 0 aliphatic carbocycles. The molecule has 1 unspecified atom stereocenters. The SMILES string of the molecule is CC(C(=O)Nc1cccnc1Cl)N1CCN(c2ncc(C(F)(F)F)cc2Cl)CC1. The van der Waals surface area contributed by atoms with E-state index in [2.05, 4.69) is 15.3 Å². The molecule has 11 heteroatoms. The minimum atomic E-state index is -4.49. The molecule has 0 aromatic carbocycles. The van der Waals surface area contributed by atoms with Gasteiger partial charge in [0.2, 0.25) is 5.91 Å². The number of piperazine rings is 1. The van der Waals surface area contributed by atoms with Crippen molar-refractivity contribution in [3.8, 4) is 0 Å². The third kappa shape index (κ3) is 5.09. The Morgan fingerprint density at radius 3 is 2.48 bits per heavy atom. The number of carbonyl (C=O) groups is 1. The number of nitrogens with zero attached hydrogens (tertiary/aromatic N) is 4. The number of hydrogen-bond acceptors (Lipinski definition) is 5. The maximum Gasteiger partial charge on any atom is 0.417 e. The predicted octanol–water partition coefficient (Wildman–Crippen LogP) is 3.95. The van der Waals surface area contributed by atoms with Gasteiger partial charge in [-0.1, -0.05) is 23.2 Å². The Morgan fingerprint density at radius 1 is 1.21 bits per heavy atom. The van der Waals surface area contributed by atoms with Gasteiger partial charge in [-0.3, -0.25) is 9.69 Å². The topological polar surface area (TPSA) is 61.4 Å². The highest BCUT2D eigenvalue weighted by Crippen LogP contribution is 2.33. The van der Waals surface area contributed by atoms with E-state index in [1.165, 1.54) is 6.20 Å². The van der Waals surface area contributed by atoms with Crippen molar-refractivity contribution >= 4 is 40.6 Å². The van der Waals surface area contributed by atoms with Crippen LogP contribution in [-0.2, 0) is 11.0 Å². The van der Waals surface area contributed by atoms with E-state index in [0.29, 0.717) is 37.7 Å². The van der Waals surface area contributed by atoms with Crippen molar-refractivity contribution in [2.24, 2.45) is 0 Å². The summed E-state index contributed by atoms with van der Waals surface area (Å²) in [6.07, 6.45) is -2.18. The molecule has 3 heterocycles. The highest BCUT2D eigenvalue weighted by molar-refractivity contribution is 6.33. The molecule has 0 radical (unpaired) electrons. The molecule has 2 aromatic rings. The van der Waals surface area contributed by atoms with Crippen LogP contribution in [-0.4, -0.2) is 53.0 Å². The summed E-state index contributed by atoms with van der Waals surface area (Å²) in [5.41, 5.74) is -0.449. The van der Waals surface area contributed by atoms with E-state index in [4.69, 9.17) is 23.2 Å². The van der Waals surface area contributed by atoms with Crippen LogP contribution in [0.3, 0.4) is 0 Å².